The lowest BCUT2D eigenvalue weighted by Crippen LogP contribution is -2.35. The summed E-state index contributed by atoms with van der Waals surface area (Å²) in [6, 6.07) is 19.1. The maximum atomic E-state index is 12.6. The zero-order valence-electron chi connectivity index (χ0n) is 15.4. The van der Waals surface area contributed by atoms with E-state index in [1.807, 2.05) is 74.5 Å². The van der Waals surface area contributed by atoms with Gasteiger partial charge >= 0.3 is 0 Å². The molecule has 2 aromatic rings. The van der Waals surface area contributed by atoms with Crippen LogP contribution in [-0.4, -0.2) is 25.9 Å². The first kappa shape index (κ1) is 18.7. The van der Waals surface area contributed by atoms with Gasteiger partial charge in [-0.2, -0.15) is 0 Å². The summed E-state index contributed by atoms with van der Waals surface area (Å²) in [4.78, 5) is 28.5. The summed E-state index contributed by atoms with van der Waals surface area (Å²) in [6.45, 7) is 3.92. The highest BCUT2D eigenvalue weighted by molar-refractivity contribution is 5.95. The smallest absolute Gasteiger partial charge is 0.227 e. The molecule has 0 N–H and O–H groups in total. The van der Waals surface area contributed by atoms with Crippen LogP contribution >= 0.6 is 0 Å². The van der Waals surface area contributed by atoms with Crippen molar-refractivity contribution < 1.29 is 9.59 Å². The predicted octanol–water partition coefficient (Wildman–Crippen LogP) is 4.12. The molecule has 0 atom stereocenters. The number of amides is 2. The van der Waals surface area contributed by atoms with Crippen LogP contribution in [0.5, 0.6) is 0 Å². The molecule has 0 aliphatic carbocycles. The van der Waals surface area contributed by atoms with Gasteiger partial charge in [-0.25, -0.2) is 0 Å². The van der Waals surface area contributed by atoms with Crippen LogP contribution < -0.4 is 9.80 Å². The molecule has 0 heterocycles. The Morgan fingerprint density at radius 2 is 1.04 bits per heavy atom. The normalized spacial score (nSPS) is 11.0. The minimum Gasteiger partial charge on any atom is -0.315 e. The van der Waals surface area contributed by atoms with E-state index in [0.717, 1.165) is 11.4 Å². The lowest BCUT2D eigenvalue weighted by Gasteiger charge is -2.28. The lowest BCUT2D eigenvalue weighted by atomic mass is 9.84. The van der Waals surface area contributed by atoms with Crippen molar-refractivity contribution in [2.45, 2.75) is 26.7 Å². The Hall–Kier alpha value is -2.62. The summed E-state index contributed by atoms with van der Waals surface area (Å²) in [5, 5.41) is 0. The van der Waals surface area contributed by atoms with Crippen LogP contribution in [0.2, 0.25) is 0 Å². The van der Waals surface area contributed by atoms with Crippen molar-refractivity contribution in [2.24, 2.45) is 5.41 Å². The molecule has 4 nitrogen and oxygen atoms in total. The second-order valence-electron chi connectivity index (χ2n) is 7.09. The first-order chi connectivity index (χ1) is 11.8. The average Bonchev–Trinajstić information content (AvgIpc) is 2.61. The molecular formula is C21H26N2O2. The molecular weight excluding hydrogens is 312 g/mol. The Bertz CT molecular complexity index is 650. The Morgan fingerprint density at radius 3 is 1.36 bits per heavy atom. The van der Waals surface area contributed by atoms with Crippen molar-refractivity contribution in [2.75, 3.05) is 23.9 Å². The summed E-state index contributed by atoms with van der Waals surface area (Å²) in [6.07, 6.45) is 0.625. The number of anilines is 2. The molecule has 25 heavy (non-hydrogen) atoms. The van der Waals surface area contributed by atoms with E-state index in [-0.39, 0.29) is 11.8 Å². The Balaban J connectivity index is 1.99. The molecule has 4 heteroatoms. The molecule has 0 bridgehead atoms. The maximum absolute atomic E-state index is 12.6. The number of rotatable bonds is 6. The fourth-order valence-corrected chi connectivity index (χ4v) is 2.71. The van der Waals surface area contributed by atoms with Gasteiger partial charge in [0.1, 0.15) is 0 Å². The SMILES string of the molecule is CN(C(=O)CC(C)(C)CC(=O)N(C)c1ccccc1)c1ccccc1. The number of nitrogens with zero attached hydrogens (tertiary/aromatic N) is 2. The highest BCUT2D eigenvalue weighted by atomic mass is 16.2. The fourth-order valence-electron chi connectivity index (χ4n) is 2.71. The first-order valence-electron chi connectivity index (χ1n) is 8.43. The van der Waals surface area contributed by atoms with E-state index in [4.69, 9.17) is 0 Å². The van der Waals surface area contributed by atoms with Gasteiger partial charge in [-0.05, 0) is 29.7 Å². The molecule has 0 fully saturated rings. The third-order valence-electron chi connectivity index (χ3n) is 4.29. The molecule has 0 aliphatic heterocycles. The molecule has 2 amide bonds. The van der Waals surface area contributed by atoms with E-state index in [9.17, 15) is 9.59 Å². The van der Waals surface area contributed by atoms with Crippen molar-refractivity contribution in [1.29, 1.82) is 0 Å². The van der Waals surface area contributed by atoms with Crippen LogP contribution in [0, 0.1) is 5.41 Å². The van der Waals surface area contributed by atoms with Gasteiger partial charge in [0.25, 0.3) is 0 Å². The lowest BCUT2D eigenvalue weighted by molar-refractivity contribution is -0.123. The Morgan fingerprint density at radius 1 is 0.720 bits per heavy atom. The number of para-hydroxylation sites is 2. The largest absolute Gasteiger partial charge is 0.315 e. The Labute approximate surface area is 150 Å². The number of carbonyl (C=O) groups is 2. The van der Waals surface area contributed by atoms with Crippen molar-refractivity contribution in [3.05, 3.63) is 60.7 Å². The van der Waals surface area contributed by atoms with Crippen LogP contribution in [0.25, 0.3) is 0 Å². The van der Waals surface area contributed by atoms with Gasteiger partial charge < -0.3 is 9.80 Å². The van der Waals surface area contributed by atoms with Crippen LogP contribution in [0.4, 0.5) is 11.4 Å². The summed E-state index contributed by atoms with van der Waals surface area (Å²) >= 11 is 0. The van der Waals surface area contributed by atoms with Crippen molar-refractivity contribution in [3.63, 3.8) is 0 Å². The van der Waals surface area contributed by atoms with Gasteiger partial charge in [-0.1, -0.05) is 50.2 Å². The van der Waals surface area contributed by atoms with Crippen LogP contribution in [-0.2, 0) is 9.59 Å². The van der Waals surface area contributed by atoms with Crippen LogP contribution in [0.15, 0.2) is 60.7 Å². The topological polar surface area (TPSA) is 40.6 Å². The molecule has 0 spiro atoms. The quantitative estimate of drug-likeness (QED) is 0.795. The van der Waals surface area contributed by atoms with E-state index >= 15 is 0 Å². The summed E-state index contributed by atoms with van der Waals surface area (Å²) in [7, 11) is 3.54. The van der Waals surface area contributed by atoms with Gasteiger partial charge in [0.15, 0.2) is 0 Å². The summed E-state index contributed by atoms with van der Waals surface area (Å²) in [5.74, 6) is 0.0118. The highest BCUT2D eigenvalue weighted by Gasteiger charge is 2.28. The molecule has 0 radical (unpaired) electrons. The zero-order chi connectivity index (χ0) is 18.4. The number of hydrogen-bond donors (Lipinski definition) is 0. The summed E-state index contributed by atoms with van der Waals surface area (Å²) < 4.78 is 0. The van der Waals surface area contributed by atoms with Gasteiger partial charge in [0, 0.05) is 38.3 Å². The molecule has 0 unspecified atom stereocenters. The molecule has 2 rings (SSSR count). The third-order valence-corrected chi connectivity index (χ3v) is 4.29. The second-order valence-corrected chi connectivity index (χ2v) is 7.09. The van der Waals surface area contributed by atoms with Gasteiger partial charge in [0.2, 0.25) is 11.8 Å². The van der Waals surface area contributed by atoms with Crippen molar-refractivity contribution in [3.8, 4) is 0 Å². The number of benzene rings is 2. The van der Waals surface area contributed by atoms with Crippen LogP contribution in [0.3, 0.4) is 0 Å². The van der Waals surface area contributed by atoms with Crippen molar-refractivity contribution in [1.82, 2.24) is 0 Å². The van der Waals surface area contributed by atoms with E-state index < -0.39 is 5.41 Å². The zero-order valence-corrected chi connectivity index (χ0v) is 15.4. The van der Waals surface area contributed by atoms with Crippen molar-refractivity contribution >= 4 is 23.2 Å². The third kappa shape index (κ3) is 5.18. The average molecular weight is 338 g/mol. The minimum absolute atomic E-state index is 0.00589. The minimum atomic E-state index is -0.416. The maximum Gasteiger partial charge on any atom is 0.227 e. The molecule has 0 saturated heterocycles. The molecule has 132 valence electrons. The molecule has 2 aromatic carbocycles. The monoisotopic (exact) mass is 338 g/mol. The fraction of sp³-hybridized carbons (Fsp3) is 0.333. The summed E-state index contributed by atoms with van der Waals surface area (Å²) in [5.41, 5.74) is 1.30. The second kappa shape index (κ2) is 7.97. The van der Waals surface area contributed by atoms with Gasteiger partial charge in [-0.3, -0.25) is 9.59 Å². The molecule has 0 aromatic heterocycles. The first-order valence-corrected chi connectivity index (χ1v) is 8.43. The highest BCUT2D eigenvalue weighted by Crippen LogP contribution is 2.28. The van der Waals surface area contributed by atoms with E-state index in [2.05, 4.69) is 0 Å². The standard InChI is InChI=1S/C21H26N2O2/c1-21(2,15-19(24)22(3)17-11-7-5-8-12-17)16-20(25)23(4)18-13-9-6-10-14-18/h5-14H,15-16H2,1-4H3. The molecule has 0 saturated carbocycles. The molecule has 0 aliphatic rings. The van der Waals surface area contributed by atoms with Gasteiger partial charge in [0.05, 0.1) is 0 Å². The predicted molar refractivity (Wildman–Crippen MR) is 103 cm³/mol. The van der Waals surface area contributed by atoms with E-state index in [1.54, 1.807) is 23.9 Å². The van der Waals surface area contributed by atoms with E-state index in [0.29, 0.717) is 12.8 Å². The van der Waals surface area contributed by atoms with Gasteiger partial charge in [-0.15, -0.1) is 0 Å². The number of hydrogen-bond acceptors (Lipinski definition) is 2. The van der Waals surface area contributed by atoms with Crippen LogP contribution in [0.1, 0.15) is 26.7 Å². The number of carbonyl (C=O) groups excluding carboxylic acids is 2. The van der Waals surface area contributed by atoms with E-state index in [1.165, 1.54) is 0 Å². The Kier molecular flexibility index (Phi) is 5.97.